The number of hydrogen-bond acceptors (Lipinski definition) is 3. The van der Waals surface area contributed by atoms with Crippen molar-refractivity contribution < 1.29 is 4.79 Å². The van der Waals surface area contributed by atoms with Crippen LogP contribution in [-0.2, 0) is 4.79 Å². The van der Waals surface area contributed by atoms with Gasteiger partial charge in [-0.1, -0.05) is 55.7 Å². The highest BCUT2D eigenvalue weighted by Gasteiger charge is 2.23. The summed E-state index contributed by atoms with van der Waals surface area (Å²) in [6.45, 7) is 4.21. The van der Waals surface area contributed by atoms with Gasteiger partial charge in [-0.2, -0.15) is 0 Å². The van der Waals surface area contributed by atoms with Crippen molar-refractivity contribution in [1.82, 2.24) is 10.2 Å². The first-order valence-electron chi connectivity index (χ1n) is 12.2. The van der Waals surface area contributed by atoms with Crippen molar-refractivity contribution in [2.75, 3.05) is 31.1 Å². The summed E-state index contributed by atoms with van der Waals surface area (Å²) in [5.41, 5.74) is 2.48. The van der Waals surface area contributed by atoms with Crippen molar-refractivity contribution >= 4 is 17.3 Å². The molecule has 0 aromatic heterocycles. The zero-order valence-electron chi connectivity index (χ0n) is 18.7. The fraction of sp³-hybridized carbons (Fsp3) is 0.519. The molecular weight excluding hydrogens is 382 g/mol. The molecule has 0 bridgehead atoms. The predicted molar refractivity (Wildman–Crippen MR) is 129 cm³/mol. The van der Waals surface area contributed by atoms with Crippen LogP contribution in [0.1, 0.15) is 51.4 Å². The first kappa shape index (κ1) is 21.9. The zero-order chi connectivity index (χ0) is 21.3. The van der Waals surface area contributed by atoms with E-state index in [0.29, 0.717) is 18.4 Å². The normalized spacial score (nSPS) is 18.6. The molecule has 1 aliphatic heterocycles. The van der Waals surface area contributed by atoms with Gasteiger partial charge in [0.05, 0.1) is 0 Å². The number of amides is 1. The molecule has 2 aromatic rings. The molecular formula is C27H37N3O. The van der Waals surface area contributed by atoms with E-state index in [-0.39, 0.29) is 5.91 Å². The van der Waals surface area contributed by atoms with Crippen LogP contribution in [0.3, 0.4) is 0 Å². The highest BCUT2D eigenvalue weighted by Crippen LogP contribution is 2.26. The maximum absolute atomic E-state index is 12.5. The van der Waals surface area contributed by atoms with Crippen molar-refractivity contribution in [3.8, 4) is 0 Å². The van der Waals surface area contributed by atoms with Crippen LogP contribution in [0, 0.1) is 5.92 Å². The van der Waals surface area contributed by atoms with Gasteiger partial charge in [0.2, 0.25) is 5.91 Å². The molecule has 1 N–H and O–H groups in total. The summed E-state index contributed by atoms with van der Waals surface area (Å²) >= 11 is 0. The fourth-order valence-corrected chi connectivity index (χ4v) is 5.07. The number of para-hydroxylation sites is 2. The van der Waals surface area contributed by atoms with Gasteiger partial charge in [0.1, 0.15) is 0 Å². The minimum absolute atomic E-state index is 0.282. The van der Waals surface area contributed by atoms with Crippen LogP contribution in [0.4, 0.5) is 11.4 Å². The number of rotatable bonds is 8. The second-order valence-electron chi connectivity index (χ2n) is 9.21. The molecule has 0 atom stereocenters. The van der Waals surface area contributed by atoms with Crippen molar-refractivity contribution in [2.45, 2.75) is 57.4 Å². The molecule has 4 nitrogen and oxygen atoms in total. The molecule has 2 aromatic carbocycles. The Morgan fingerprint density at radius 3 is 2.00 bits per heavy atom. The first-order valence-corrected chi connectivity index (χ1v) is 12.2. The highest BCUT2D eigenvalue weighted by molar-refractivity contribution is 5.76. The van der Waals surface area contributed by atoms with Crippen LogP contribution < -0.4 is 10.2 Å². The quantitative estimate of drug-likeness (QED) is 0.624. The Balaban J connectivity index is 1.24. The highest BCUT2D eigenvalue weighted by atomic mass is 16.1. The molecule has 1 heterocycles. The number of anilines is 2. The SMILES string of the molecule is O=C(CC1CCN(CCN(c2ccccc2)c2ccccc2)CC1)NC1CCCCC1. The van der Waals surface area contributed by atoms with Gasteiger partial charge >= 0.3 is 0 Å². The molecule has 0 unspecified atom stereocenters. The third-order valence-electron chi connectivity index (χ3n) is 6.93. The van der Waals surface area contributed by atoms with Gasteiger partial charge in [-0.25, -0.2) is 0 Å². The van der Waals surface area contributed by atoms with E-state index in [1.807, 2.05) is 0 Å². The molecule has 1 saturated carbocycles. The van der Waals surface area contributed by atoms with Gasteiger partial charge in [0, 0.05) is 36.9 Å². The van der Waals surface area contributed by atoms with E-state index in [2.05, 4.69) is 75.8 Å². The summed E-state index contributed by atoms with van der Waals surface area (Å²) < 4.78 is 0. The lowest BCUT2D eigenvalue weighted by atomic mass is 9.92. The van der Waals surface area contributed by atoms with Crippen LogP contribution in [0.2, 0.25) is 0 Å². The molecule has 2 aliphatic rings. The van der Waals surface area contributed by atoms with E-state index in [1.54, 1.807) is 0 Å². The Labute approximate surface area is 187 Å². The summed E-state index contributed by atoms with van der Waals surface area (Å²) in [5, 5.41) is 3.29. The molecule has 4 rings (SSSR count). The van der Waals surface area contributed by atoms with Gasteiger partial charge in [0.15, 0.2) is 0 Å². The second-order valence-corrected chi connectivity index (χ2v) is 9.21. The van der Waals surface area contributed by atoms with E-state index in [4.69, 9.17) is 0 Å². The topological polar surface area (TPSA) is 35.6 Å². The number of hydrogen-bond donors (Lipinski definition) is 1. The first-order chi connectivity index (χ1) is 15.3. The Morgan fingerprint density at radius 1 is 0.839 bits per heavy atom. The minimum Gasteiger partial charge on any atom is -0.353 e. The molecule has 4 heteroatoms. The third-order valence-corrected chi connectivity index (χ3v) is 6.93. The van der Waals surface area contributed by atoms with E-state index >= 15 is 0 Å². The largest absolute Gasteiger partial charge is 0.353 e. The van der Waals surface area contributed by atoms with E-state index in [0.717, 1.165) is 39.0 Å². The van der Waals surface area contributed by atoms with Gasteiger partial charge in [0.25, 0.3) is 0 Å². The monoisotopic (exact) mass is 419 g/mol. The summed E-state index contributed by atoms with van der Waals surface area (Å²) in [5.74, 6) is 0.823. The third kappa shape index (κ3) is 6.57. The Morgan fingerprint density at radius 2 is 1.42 bits per heavy atom. The number of carbonyl (C=O) groups excluding carboxylic acids is 1. The number of likely N-dealkylation sites (tertiary alicyclic amines) is 1. The molecule has 2 fully saturated rings. The van der Waals surface area contributed by atoms with Crippen LogP contribution >= 0.6 is 0 Å². The Hall–Kier alpha value is -2.33. The summed E-state index contributed by atoms with van der Waals surface area (Å²) in [6.07, 6.45) is 9.19. The van der Waals surface area contributed by atoms with Crippen LogP contribution in [0.5, 0.6) is 0 Å². The standard InChI is InChI=1S/C27H37N3O/c31-27(28-24-10-4-1-5-11-24)22-23-16-18-29(19-17-23)20-21-30(25-12-6-2-7-13-25)26-14-8-3-9-15-26/h2-3,6-9,12-15,23-24H,1,4-5,10-11,16-22H2,(H,28,31). The van der Waals surface area contributed by atoms with Crippen molar-refractivity contribution in [2.24, 2.45) is 5.92 Å². The molecule has 0 radical (unpaired) electrons. The van der Waals surface area contributed by atoms with Gasteiger partial charge in [-0.15, -0.1) is 0 Å². The number of nitrogens with zero attached hydrogens (tertiary/aromatic N) is 2. The van der Waals surface area contributed by atoms with Gasteiger partial charge in [-0.05, 0) is 69.0 Å². The van der Waals surface area contributed by atoms with Crippen molar-refractivity contribution in [3.63, 3.8) is 0 Å². The molecule has 0 spiro atoms. The van der Waals surface area contributed by atoms with Crippen LogP contribution in [0.15, 0.2) is 60.7 Å². The maximum atomic E-state index is 12.5. The van der Waals surface area contributed by atoms with Crippen LogP contribution in [0.25, 0.3) is 0 Å². The van der Waals surface area contributed by atoms with Crippen LogP contribution in [-0.4, -0.2) is 43.0 Å². The number of carbonyl (C=O) groups is 1. The number of piperidine rings is 1. The second kappa shape index (κ2) is 11.3. The zero-order valence-corrected chi connectivity index (χ0v) is 18.7. The predicted octanol–water partition coefficient (Wildman–Crippen LogP) is 5.38. The van der Waals surface area contributed by atoms with E-state index in [9.17, 15) is 4.79 Å². The fourth-order valence-electron chi connectivity index (χ4n) is 5.07. The lowest BCUT2D eigenvalue weighted by molar-refractivity contribution is -0.123. The number of nitrogens with one attached hydrogen (secondary N) is 1. The Bertz CT molecular complexity index is 741. The Kier molecular flexibility index (Phi) is 8.00. The molecule has 166 valence electrons. The average molecular weight is 420 g/mol. The van der Waals surface area contributed by atoms with Crippen molar-refractivity contribution in [3.05, 3.63) is 60.7 Å². The van der Waals surface area contributed by atoms with Gasteiger partial charge < -0.3 is 15.1 Å². The molecule has 1 aliphatic carbocycles. The smallest absolute Gasteiger partial charge is 0.220 e. The summed E-state index contributed by atoms with van der Waals surface area (Å²) in [4.78, 5) is 17.4. The maximum Gasteiger partial charge on any atom is 0.220 e. The van der Waals surface area contributed by atoms with Crippen molar-refractivity contribution in [1.29, 1.82) is 0 Å². The van der Waals surface area contributed by atoms with Gasteiger partial charge in [-0.3, -0.25) is 4.79 Å². The average Bonchev–Trinajstić information content (AvgIpc) is 2.82. The van der Waals surface area contributed by atoms with E-state index < -0.39 is 0 Å². The molecule has 1 amide bonds. The summed E-state index contributed by atoms with van der Waals surface area (Å²) in [7, 11) is 0. The minimum atomic E-state index is 0.282. The summed E-state index contributed by atoms with van der Waals surface area (Å²) in [6, 6.07) is 21.7. The molecule has 31 heavy (non-hydrogen) atoms. The molecule has 1 saturated heterocycles. The van der Waals surface area contributed by atoms with E-state index in [1.165, 1.54) is 43.5 Å². The number of benzene rings is 2. The lowest BCUT2D eigenvalue weighted by Gasteiger charge is -2.34. The lowest BCUT2D eigenvalue weighted by Crippen LogP contribution is -2.41.